The lowest BCUT2D eigenvalue weighted by molar-refractivity contribution is -0.139. The molecule has 2 rings (SSSR count). The summed E-state index contributed by atoms with van der Waals surface area (Å²) in [4.78, 5) is 22.7. The SMILES string of the molecule is CCCCc1cc(=O)oc2c(CN[C@H](C)C(=O)O)c(O)ccc12. The molecule has 0 saturated heterocycles. The van der Waals surface area contributed by atoms with Crippen molar-refractivity contribution in [3.05, 3.63) is 39.7 Å². The van der Waals surface area contributed by atoms with Crippen molar-refractivity contribution in [2.45, 2.75) is 45.7 Å². The van der Waals surface area contributed by atoms with Gasteiger partial charge in [0.2, 0.25) is 0 Å². The van der Waals surface area contributed by atoms with Gasteiger partial charge in [-0.05, 0) is 37.5 Å². The number of unbranched alkanes of at least 4 members (excludes halogenated alkanes) is 1. The summed E-state index contributed by atoms with van der Waals surface area (Å²) in [6, 6.07) is 3.97. The van der Waals surface area contributed by atoms with Gasteiger partial charge in [0.1, 0.15) is 17.4 Å². The average Bonchev–Trinajstić information content (AvgIpc) is 2.51. The first-order chi connectivity index (χ1) is 10.9. The maximum atomic E-state index is 11.8. The van der Waals surface area contributed by atoms with Gasteiger partial charge >= 0.3 is 11.6 Å². The van der Waals surface area contributed by atoms with Gasteiger partial charge in [0, 0.05) is 18.0 Å². The zero-order chi connectivity index (χ0) is 17.0. The van der Waals surface area contributed by atoms with Crippen LogP contribution in [0.25, 0.3) is 11.0 Å². The topological polar surface area (TPSA) is 99.8 Å². The molecule has 1 heterocycles. The van der Waals surface area contributed by atoms with Crippen molar-refractivity contribution in [1.82, 2.24) is 5.32 Å². The van der Waals surface area contributed by atoms with Crippen LogP contribution < -0.4 is 10.9 Å². The summed E-state index contributed by atoms with van der Waals surface area (Å²) in [5, 5.41) is 22.6. The normalized spacial score (nSPS) is 12.4. The Morgan fingerprint density at radius 3 is 2.78 bits per heavy atom. The van der Waals surface area contributed by atoms with Crippen molar-refractivity contribution in [2.24, 2.45) is 0 Å². The molecule has 0 aliphatic heterocycles. The summed E-state index contributed by atoms with van der Waals surface area (Å²) in [6.07, 6.45) is 2.70. The Morgan fingerprint density at radius 2 is 2.13 bits per heavy atom. The highest BCUT2D eigenvalue weighted by Crippen LogP contribution is 2.29. The molecule has 1 atom stereocenters. The molecule has 0 saturated carbocycles. The summed E-state index contributed by atoms with van der Waals surface area (Å²) >= 11 is 0. The smallest absolute Gasteiger partial charge is 0.336 e. The van der Waals surface area contributed by atoms with Crippen molar-refractivity contribution in [2.75, 3.05) is 0 Å². The Kier molecular flexibility index (Phi) is 5.39. The van der Waals surface area contributed by atoms with Crippen LogP contribution in [0.3, 0.4) is 0 Å². The van der Waals surface area contributed by atoms with Gasteiger partial charge in [-0.3, -0.25) is 4.79 Å². The van der Waals surface area contributed by atoms with Crippen LogP contribution in [0.15, 0.2) is 27.4 Å². The van der Waals surface area contributed by atoms with E-state index in [4.69, 9.17) is 9.52 Å². The minimum atomic E-state index is -0.991. The van der Waals surface area contributed by atoms with Crippen LogP contribution in [0.4, 0.5) is 0 Å². The van der Waals surface area contributed by atoms with Crippen molar-refractivity contribution in [1.29, 1.82) is 0 Å². The van der Waals surface area contributed by atoms with E-state index < -0.39 is 17.6 Å². The van der Waals surface area contributed by atoms with Crippen LogP contribution in [0.2, 0.25) is 0 Å². The largest absolute Gasteiger partial charge is 0.507 e. The molecule has 1 aromatic carbocycles. The van der Waals surface area contributed by atoms with E-state index in [0.717, 1.165) is 30.2 Å². The first kappa shape index (κ1) is 17.0. The number of carboxylic acid groups (broad SMARTS) is 1. The highest BCUT2D eigenvalue weighted by Gasteiger charge is 2.16. The van der Waals surface area contributed by atoms with Gasteiger partial charge < -0.3 is 19.9 Å². The first-order valence-electron chi connectivity index (χ1n) is 7.67. The Labute approximate surface area is 133 Å². The fourth-order valence-electron chi connectivity index (χ4n) is 2.42. The number of fused-ring (bicyclic) bond motifs is 1. The van der Waals surface area contributed by atoms with E-state index in [1.807, 2.05) is 0 Å². The van der Waals surface area contributed by atoms with E-state index in [2.05, 4.69) is 12.2 Å². The van der Waals surface area contributed by atoms with Gasteiger partial charge in [-0.25, -0.2) is 4.79 Å². The molecule has 1 aromatic heterocycles. The number of carbonyl (C=O) groups is 1. The monoisotopic (exact) mass is 319 g/mol. The predicted molar refractivity (Wildman–Crippen MR) is 86.7 cm³/mol. The lowest BCUT2D eigenvalue weighted by atomic mass is 10.0. The number of hydrogen-bond acceptors (Lipinski definition) is 5. The molecule has 0 aliphatic carbocycles. The van der Waals surface area contributed by atoms with E-state index in [1.165, 1.54) is 13.0 Å². The Hall–Kier alpha value is -2.34. The van der Waals surface area contributed by atoms with Gasteiger partial charge in [-0.15, -0.1) is 0 Å². The molecule has 23 heavy (non-hydrogen) atoms. The highest BCUT2D eigenvalue weighted by molar-refractivity contribution is 5.85. The van der Waals surface area contributed by atoms with Crippen LogP contribution in [0.1, 0.15) is 37.8 Å². The number of benzene rings is 1. The Morgan fingerprint density at radius 1 is 1.39 bits per heavy atom. The third kappa shape index (κ3) is 3.90. The predicted octanol–water partition coefficient (Wildman–Crippen LogP) is 2.40. The molecule has 0 amide bonds. The van der Waals surface area contributed by atoms with Crippen LogP contribution >= 0.6 is 0 Å². The molecule has 0 unspecified atom stereocenters. The minimum Gasteiger partial charge on any atom is -0.507 e. The quantitative estimate of drug-likeness (QED) is 0.678. The van der Waals surface area contributed by atoms with E-state index in [9.17, 15) is 14.7 Å². The number of phenols is 1. The number of aliphatic carboxylic acids is 1. The van der Waals surface area contributed by atoms with Crippen molar-refractivity contribution >= 4 is 16.9 Å². The fraction of sp³-hybridized carbons (Fsp3) is 0.412. The van der Waals surface area contributed by atoms with Gasteiger partial charge in [0.15, 0.2) is 0 Å². The summed E-state index contributed by atoms with van der Waals surface area (Å²) in [7, 11) is 0. The maximum absolute atomic E-state index is 11.8. The molecule has 124 valence electrons. The third-order valence-electron chi connectivity index (χ3n) is 3.83. The number of carboxylic acids is 1. The molecule has 6 nitrogen and oxygen atoms in total. The first-order valence-corrected chi connectivity index (χ1v) is 7.67. The zero-order valence-electron chi connectivity index (χ0n) is 13.3. The molecule has 0 spiro atoms. The van der Waals surface area contributed by atoms with Crippen LogP contribution in [-0.2, 0) is 17.8 Å². The number of aryl methyl sites for hydroxylation is 1. The Bertz CT molecular complexity index is 765. The fourth-order valence-corrected chi connectivity index (χ4v) is 2.42. The minimum absolute atomic E-state index is 0.0293. The van der Waals surface area contributed by atoms with Crippen LogP contribution in [0, 0.1) is 0 Å². The lowest BCUT2D eigenvalue weighted by Crippen LogP contribution is -2.33. The van der Waals surface area contributed by atoms with Crippen molar-refractivity contribution in [3.63, 3.8) is 0 Å². The standard InChI is InChI=1S/C17H21NO5/c1-3-4-5-11-8-15(20)23-16-12(11)6-7-14(19)13(16)9-18-10(2)17(21)22/h6-8,10,18-19H,3-5,9H2,1-2H3,(H,21,22)/t10-/m1/s1. The summed E-state index contributed by atoms with van der Waals surface area (Å²) in [5.74, 6) is -1.02. The number of rotatable bonds is 7. The number of nitrogens with one attached hydrogen (secondary N) is 1. The van der Waals surface area contributed by atoms with Gasteiger partial charge in [0.25, 0.3) is 0 Å². The van der Waals surface area contributed by atoms with Crippen molar-refractivity contribution in [3.8, 4) is 5.75 Å². The maximum Gasteiger partial charge on any atom is 0.336 e. The van der Waals surface area contributed by atoms with E-state index in [0.29, 0.717) is 11.1 Å². The second kappa shape index (κ2) is 7.28. The Balaban J connectivity index is 2.47. The number of aromatic hydroxyl groups is 1. The van der Waals surface area contributed by atoms with Crippen LogP contribution in [-0.4, -0.2) is 22.2 Å². The molecule has 2 aromatic rings. The summed E-state index contributed by atoms with van der Waals surface area (Å²) < 4.78 is 5.28. The second-order valence-corrected chi connectivity index (χ2v) is 5.57. The second-order valence-electron chi connectivity index (χ2n) is 5.57. The molecule has 0 bridgehead atoms. The van der Waals surface area contributed by atoms with E-state index in [1.54, 1.807) is 12.1 Å². The molecular weight excluding hydrogens is 298 g/mol. The molecule has 6 heteroatoms. The number of hydrogen-bond donors (Lipinski definition) is 3. The third-order valence-corrected chi connectivity index (χ3v) is 3.83. The molecule has 3 N–H and O–H groups in total. The zero-order valence-corrected chi connectivity index (χ0v) is 13.3. The van der Waals surface area contributed by atoms with Gasteiger partial charge in [-0.2, -0.15) is 0 Å². The highest BCUT2D eigenvalue weighted by atomic mass is 16.4. The lowest BCUT2D eigenvalue weighted by Gasteiger charge is -2.13. The average molecular weight is 319 g/mol. The number of phenolic OH excluding ortho intramolecular Hbond substituents is 1. The van der Waals surface area contributed by atoms with Gasteiger partial charge in [-0.1, -0.05) is 13.3 Å². The van der Waals surface area contributed by atoms with E-state index in [-0.39, 0.29) is 12.3 Å². The van der Waals surface area contributed by atoms with E-state index >= 15 is 0 Å². The van der Waals surface area contributed by atoms with Gasteiger partial charge in [0.05, 0.1) is 5.56 Å². The molecular formula is C17H21NO5. The van der Waals surface area contributed by atoms with Crippen molar-refractivity contribution < 1.29 is 19.4 Å². The summed E-state index contributed by atoms with van der Waals surface area (Å²) in [6.45, 7) is 3.67. The summed E-state index contributed by atoms with van der Waals surface area (Å²) in [5.41, 5.74) is 1.12. The van der Waals surface area contributed by atoms with Crippen LogP contribution in [0.5, 0.6) is 5.75 Å². The molecule has 0 radical (unpaired) electrons. The molecule has 0 aliphatic rings. The molecule has 0 fully saturated rings.